The van der Waals surface area contributed by atoms with Gasteiger partial charge in [0.05, 0.1) is 24.2 Å². The molecule has 156 valence electrons. The Balaban J connectivity index is 1.93. The van der Waals surface area contributed by atoms with Crippen LogP contribution in [-0.2, 0) is 18.8 Å². The Morgan fingerprint density at radius 3 is 1.93 bits per heavy atom. The Kier molecular flexibility index (Phi) is 5.37. The fraction of sp³-hybridized carbons (Fsp3) is 0.400. The summed E-state index contributed by atoms with van der Waals surface area (Å²) in [6, 6.07) is 18.8. The van der Waals surface area contributed by atoms with Crippen molar-refractivity contribution in [3.8, 4) is 0 Å². The van der Waals surface area contributed by atoms with Crippen LogP contribution in [0.15, 0.2) is 54.6 Å². The minimum absolute atomic E-state index is 0.197. The Morgan fingerprint density at radius 2 is 1.43 bits per heavy atom. The van der Waals surface area contributed by atoms with Gasteiger partial charge in [-0.1, -0.05) is 48.5 Å². The zero-order valence-electron chi connectivity index (χ0n) is 18.4. The molecule has 0 radical (unpaired) electrons. The first-order chi connectivity index (χ1) is 14.2. The van der Waals surface area contributed by atoms with Crippen LogP contribution in [0.2, 0.25) is 0 Å². The van der Waals surface area contributed by atoms with Crippen LogP contribution in [0.5, 0.6) is 0 Å². The number of hydrogen-bond donors (Lipinski definition) is 0. The Labute approximate surface area is 178 Å². The molecule has 0 amide bonds. The van der Waals surface area contributed by atoms with E-state index in [0.29, 0.717) is 6.61 Å². The maximum atomic E-state index is 12.6. The quantitative estimate of drug-likeness (QED) is 0.313. The van der Waals surface area contributed by atoms with Crippen molar-refractivity contribution in [3.63, 3.8) is 0 Å². The number of benzene rings is 3. The highest BCUT2D eigenvalue weighted by Crippen LogP contribution is 2.44. The zero-order chi connectivity index (χ0) is 21.5. The fourth-order valence-electron chi connectivity index (χ4n) is 4.24. The first-order valence-electron chi connectivity index (χ1n) is 10.6. The summed E-state index contributed by atoms with van der Waals surface area (Å²) in [7, 11) is -0.548. The van der Waals surface area contributed by atoms with Crippen LogP contribution < -0.4 is 0 Å². The van der Waals surface area contributed by atoms with Crippen LogP contribution in [0.3, 0.4) is 0 Å². The zero-order valence-corrected chi connectivity index (χ0v) is 18.4. The summed E-state index contributed by atoms with van der Waals surface area (Å²) >= 11 is 0. The monoisotopic (exact) mass is 404 g/mol. The lowest BCUT2D eigenvalue weighted by Crippen LogP contribution is -2.41. The molecule has 0 spiro atoms. The third kappa shape index (κ3) is 3.61. The van der Waals surface area contributed by atoms with E-state index in [-0.39, 0.29) is 18.2 Å². The van der Waals surface area contributed by atoms with E-state index in [2.05, 4.69) is 30.3 Å². The Hall–Kier alpha value is -2.37. The summed E-state index contributed by atoms with van der Waals surface area (Å²) in [4.78, 5) is 12.6. The van der Waals surface area contributed by atoms with Crippen LogP contribution in [0.25, 0.3) is 21.5 Å². The normalized spacial score (nSPS) is 18.6. The highest BCUT2D eigenvalue weighted by atomic mass is 16.7. The molecule has 0 N–H and O–H groups in total. The number of carbonyl (C=O) groups excluding carboxylic acids is 1. The van der Waals surface area contributed by atoms with Crippen LogP contribution in [-0.4, -0.2) is 30.9 Å². The summed E-state index contributed by atoms with van der Waals surface area (Å²) in [6.07, 6.45) is 0.197. The van der Waals surface area contributed by atoms with Gasteiger partial charge in [0.25, 0.3) is 0 Å². The predicted octanol–water partition coefficient (Wildman–Crippen LogP) is 5.66. The number of hydrogen-bond acceptors (Lipinski definition) is 4. The van der Waals surface area contributed by atoms with E-state index in [9.17, 15) is 4.79 Å². The minimum atomic E-state index is -0.548. The van der Waals surface area contributed by atoms with Gasteiger partial charge < -0.3 is 14.0 Å². The third-order valence-electron chi connectivity index (χ3n) is 6.48. The van der Waals surface area contributed by atoms with E-state index in [4.69, 9.17) is 14.0 Å². The Morgan fingerprint density at radius 1 is 0.933 bits per heavy atom. The van der Waals surface area contributed by atoms with Gasteiger partial charge in [-0.25, -0.2) is 0 Å². The lowest BCUT2D eigenvalue weighted by Gasteiger charge is -2.32. The smallest absolute Gasteiger partial charge is 0.466 e. The first-order valence-corrected chi connectivity index (χ1v) is 10.6. The predicted molar refractivity (Wildman–Crippen MR) is 122 cm³/mol. The molecule has 4 nitrogen and oxygen atoms in total. The number of fused-ring (bicyclic) bond motifs is 2. The minimum Gasteiger partial charge on any atom is -0.466 e. The SMILES string of the molecule is CCOC(=O)CC(B1OC(C)(C)C(C)(C)O1)c1c2ccccc2cc2ccccc12. The standard InChI is InChI=1S/C25H29BO4/c1-6-28-22(27)16-21(26-29-24(2,3)25(4,5)30-26)23-19-13-9-7-11-17(19)15-18-12-8-10-14-20(18)23/h7-15,21H,6,16H2,1-5H3. The molecule has 4 rings (SSSR count). The van der Waals surface area contributed by atoms with Gasteiger partial charge >= 0.3 is 13.1 Å². The average Bonchev–Trinajstić information content (AvgIpc) is 2.92. The molecular weight excluding hydrogens is 375 g/mol. The van der Waals surface area contributed by atoms with E-state index >= 15 is 0 Å². The van der Waals surface area contributed by atoms with Crippen molar-refractivity contribution in [2.45, 2.75) is 58.1 Å². The molecule has 1 heterocycles. The number of ether oxygens (including phenoxy) is 1. The van der Waals surface area contributed by atoms with E-state index in [1.165, 1.54) is 0 Å². The number of rotatable bonds is 5. The molecular formula is C25H29BO4. The van der Waals surface area contributed by atoms with Crippen molar-refractivity contribution < 1.29 is 18.8 Å². The summed E-state index contributed by atoms with van der Waals surface area (Å²) in [5, 5.41) is 4.49. The van der Waals surface area contributed by atoms with Crippen LogP contribution in [0.1, 0.15) is 52.4 Å². The van der Waals surface area contributed by atoms with Gasteiger partial charge in [0.1, 0.15) is 0 Å². The molecule has 1 unspecified atom stereocenters. The van der Waals surface area contributed by atoms with Gasteiger partial charge in [-0.2, -0.15) is 0 Å². The molecule has 1 aliphatic rings. The van der Waals surface area contributed by atoms with Gasteiger partial charge in [-0.3, -0.25) is 4.79 Å². The van der Waals surface area contributed by atoms with Crippen molar-refractivity contribution in [2.75, 3.05) is 6.61 Å². The van der Waals surface area contributed by atoms with Crippen molar-refractivity contribution >= 4 is 34.6 Å². The van der Waals surface area contributed by atoms with E-state index in [0.717, 1.165) is 27.1 Å². The van der Waals surface area contributed by atoms with Crippen molar-refractivity contribution in [2.24, 2.45) is 0 Å². The molecule has 5 heteroatoms. The highest BCUT2D eigenvalue weighted by molar-refractivity contribution is 6.48. The van der Waals surface area contributed by atoms with E-state index in [1.54, 1.807) is 0 Å². The summed E-state index contributed by atoms with van der Waals surface area (Å²) < 4.78 is 18.2. The molecule has 0 aliphatic carbocycles. The van der Waals surface area contributed by atoms with Crippen molar-refractivity contribution in [1.29, 1.82) is 0 Å². The first kappa shape index (κ1) is 20.9. The molecule has 1 fully saturated rings. The molecule has 30 heavy (non-hydrogen) atoms. The van der Waals surface area contributed by atoms with E-state index in [1.807, 2.05) is 58.9 Å². The van der Waals surface area contributed by atoms with Crippen LogP contribution in [0.4, 0.5) is 0 Å². The van der Waals surface area contributed by atoms with Gasteiger partial charge in [0.2, 0.25) is 0 Å². The van der Waals surface area contributed by atoms with Gasteiger partial charge in [0.15, 0.2) is 0 Å². The van der Waals surface area contributed by atoms with Gasteiger partial charge in [0, 0.05) is 5.82 Å². The van der Waals surface area contributed by atoms with Gasteiger partial charge in [-0.05, 0) is 67.8 Å². The maximum absolute atomic E-state index is 12.6. The molecule has 1 atom stereocenters. The lowest BCUT2D eigenvalue weighted by atomic mass is 9.64. The Bertz CT molecular complexity index is 1020. The molecule has 0 aromatic heterocycles. The third-order valence-corrected chi connectivity index (χ3v) is 6.48. The summed E-state index contributed by atoms with van der Waals surface area (Å²) in [5.74, 6) is -0.532. The second-order valence-electron chi connectivity index (χ2n) is 8.97. The molecule has 0 saturated carbocycles. The number of carbonyl (C=O) groups is 1. The molecule has 3 aromatic carbocycles. The topological polar surface area (TPSA) is 44.8 Å². The lowest BCUT2D eigenvalue weighted by molar-refractivity contribution is -0.143. The van der Waals surface area contributed by atoms with E-state index < -0.39 is 18.3 Å². The largest absolute Gasteiger partial charge is 0.466 e. The van der Waals surface area contributed by atoms with Gasteiger partial charge in [-0.15, -0.1) is 0 Å². The molecule has 0 bridgehead atoms. The van der Waals surface area contributed by atoms with Crippen LogP contribution >= 0.6 is 0 Å². The van der Waals surface area contributed by atoms with Crippen molar-refractivity contribution in [1.82, 2.24) is 0 Å². The molecule has 1 saturated heterocycles. The second-order valence-corrected chi connectivity index (χ2v) is 8.97. The summed E-state index contributed by atoms with van der Waals surface area (Å²) in [5.41, 5.74) is 0.117. The maximum Gasteiger partial charge on any atom is 0.466 e. The molecule has 1 aliphatic heterocycles. The highest BCUT2D eigenvalue weighted by Gasteiger charge is 2.54. The average molecular weight is 404 g/mol. The molecule has 3 aromatic rings. The number of esters is 1. The van der Waals surface area contributed by atoms with Crippen molar-refractivity contribution in [3.05, 3.63) is 60.2 Å². The van der Waals surface area contributed by atoms with Crippen LogP contribution in [0, 0.1) is 0 Å². The fourth-order valence-corrected chi connectivity index (χ4v) is 4.24. The summed E-state index contributed by atoms with van der Waals surface area (Å²) in [6.45, 7) is 10.3. The second kappa shape index (κ2) is 7.71.